The molecule has 3 rings (SSSR count). The van der Waals surface area contributed by atoms with Crippen LogP contribution in [0, 0.1) is 12.8 Å². The molecule has 0 radical (unpaired) electrons. The fourth-order valence-corrected chi connectivity index (χ4v) is 6.16. The SMILES string of the molecule is COc1ccc(OC)c(N(CC(=O)N(Cc2c(Cl)cccc2Cl)[C@H](C)C(=O)NCC(C)C)S(=O)(=O)c2ccc(C)cc2)c1. The molecule has 0 bridgehead atoms. The first-order chi connectivity index (χ1) is 20.3. The van der Waals surface area contributed by atoms with Gasteiger partial charge in [-0.2, -0.15) is 0 Å². The molecule has 0 aliphatic carbocycles. The van der Waals surface area contributed by atoms with Crippen LogP contribution in [-0.4, -0.2) is 58.5 Å². The van der Waals surface area contributed by atoms with E-state index in [0.29, 0.717) is 27.9 Å². The normalized spacial score (nSPS) is 12.0. The van der Waals surface area contributed by atoms with E-state index in [1.165, 1.54) is 37.3 Å². The third-order valence-electron chi connectivity index (χ3n) is 6.78. The van der Waals surface area contributed by atoms with E-state index >= 15 is 0 Å². The second-order valence-electron chi connectivity index (χ2n) is 10.4. The lowest BCUT2D eigenvalue weighted by atomic mass is 10.1. The molecule has 0 heterocycles. The van der Waals surface area contributed by atoms with Crippen molar-refractivity contribution >= 4 is 50.7 Å². The molecule has 2 amide bonds. The number of ether oxygens (including phenoxy) is 2. The molecule has 3 aromatic carbocycles. The Morgan fingerprint density at radius 3 is 2.12 bits per heavy atom. The van der Waals surface area contributed by atoms with E-state index in [4.69, 9.17) is 32.7 Å². The zero-order valence-electron chi connectivity index (χ0n) is 25.1. The van der Waals surface area contributed by atoms with Gasteiger partial charge in [-0.15, -0.1) is 0 Å². The smallest absolute Gasteiger partial charge is 0.264 e. The lowest BCUT2D eigenvalue weighted by Gasteiger charge is -2.33. The number of rotatable bonds is 13. The Morgan fingerprint density at radius 2 is 1.56 bits per heavy atom. The van der Waals surface area contributed by atoms with Crippen molar-refractivity contribution in [2.24, 2.45) is 5.92 Å². The van der Waals surface area contributed by atoms with Gasteiger partial charge in [-0.1, -0.05) is 60.8 Å². The molecule has 0 saturated heterocycles. The number of anilines is 1. The lowest BCUT2D eigenvalue weighted by molar-refractivity contribution is -0.139. The van der Waals surface area contributed by atoms with Gasteiger partial charge in [0.25, 0.3) is 10.0 Å². The van der Waals surface area contributed by atoms with E-state index in [9.17, 15) is 18.0 Å². The number of carbonyl (C=O) groups excluding carboxylic acids is 2. The van der Waals surface area contributed by atoms with E-state index in [1.807, 2.05) is 20.8 Å². The molecule has 0 aliphatic heterocycles. The molecule has 0 spiro atoms. The molecule has 9 nitrogen and oxygen atoms in total. The summed E-state index contributed by atoms with van der Waals surface area (Å²) in [5.74, 6) is -0.337. The van der Waals surface area contributed by atoms with Crippen LogP contribution >= 0.6 is 23.2 Å². The van der Waals surface area contributed by atoms with Crippen molar-refractivity contribution in [2.75, 3.05) is 31.6 Å². The van der Waals surface area contributed by atoms with Crippen molar-refractivity contribution in [3.8, 4) is 11.5 Å². The maximum Gasteiger partial charge on any atom is 0.264 e. The molecule has 0 aromatic heterocycles. The van der Waals surface area contributed by atoms with Gasteiger partial charge in [0.05, 0.1) is 24.8 Å². The van der Waals surface area contributed by atoms with Crippen molar-refractivity contribution in [3.63, 3.8) is 0 Å². The van der Waals surface area contributed by atoms with E-state index < -0.39 is 34.4 Å². The van der Waals surface area contributed by atoms with Gasteiger partial charge in [0, 0.05) is 34.8 Å². The first kappa shape index (κ1) is 34.0. The third-order valence-corrected chi connectivity index (χ3v) is 9.27. The number of halogens is 2. The first-order valence-corrected chi connectivity index (χ1v) is 15.8. The molecule has 0 aliphatic rings. The number of nitrogens with zero attached hydrogens (tertiary/aromatic N) is 2. The van der Waals surface area contributed by atoms with E-state index in [-0.39, 0.29) is 28.8 Å². The zero-order chi connectivity index (χ0) is 31.9. The summed E-state index contributed by atoms with van der Waals surface area (Å²) in [6.45, 7) is 6.91. The lowest BCUT2D eigenvalue weighted by Crippen LogP contribution is -2.51. The van der Waals surface area contributed by atoms with Gasteiger partial charge < -0.3 is 19.7 Å². The molecule has 232 valence electrons. The highest BCUT2D eigenvalue weighted by atomic mass is 35.5. The number of benzene rings is 3. The summed E-state index contributed by atoms with van der Waals surface area (Å²) in [6, 6.07) is 14.9. The second kappa shape index (κ2) is 14.8. The van der Waals surface area contributed by atoms with Crippen LogP contribution < -0.4 is 19.1 Å². The highest BCUT2D eigenvalue weighted by molar-refractivity contribution is 7.92. The van der Waals surface area contributed by atoms with E-state index in [2.05, 4.69) is 5.32 Å². The monoisotopic (exact) mass is 649 g/mol. The molecule has 0 saturated carbocycles. The van der Waals surface area contributed by atoms with Gasteiger partial charge in [-0.25, -0.2) is 8.42 Å². The average molecular weight is 651 g/mol. The topological polar surface area (TPSA) is 105 Å². The second-order valence-corrected chi connectivity index (χ2v) is 13.1. The van der Waals surface area contributed by atoms with Crippen LogP contribution in [0.2, 0.25) is 10.0 Å². The van der Waals surface area contributed by atoms with Gasteiger partial charge >= 0.3 is 0 Å². The minimum atomic E-state index is -4.32. The third kappa shape index (κ3) is 8.34. The van der Waals surface area contributed by atoms with Crippen molar-refractivity contribution in [1.82, 2.24) is 10.2 Å². The summed E-state index contributed by atoms with van der Waals surface area (Å²) in [5, 5.41) is 3.45. The van der Waals surface area contributed by atoms with Crippen molar-refractivity contribution in [3.05, 3.63) is 81.8 Å². The quantitative estimate of drug-likeness (QED) is 0.255. The number of nitrogens with one attached hydrogen (secondary N) is 1. The van der Waals surface area contributed by atoms with Crippen LogP contribution in [-0.2, 0) is 26.2 Å². The van der Waals surface area contributed by atoms with Gasteiger partial charge in [0.2, 0.25) is 11.8 Å². The number of amides is 2. The van der Waals surface area contributed by atoms with Gasteiger partial charge in [0.15, 0.2) is 0 Å². The first-order valence-electron chi connectivity index (χ1n) is 13.6. The highest BCUT2D eigenvalue weighted by Gasteiger charge is 2.34. The summed E-state index contributed by atoms with van der Waals surface area (Å²) >= 11 is 12.9. The number of hydrogen-bond donors (Lipinski definition) is 1. The minimum Gasteiger partial charge on any atom is -0.497 e. The van der Waals surface area contributed by atoms with Crippen LogP contribution in [0.1, 0.15) is 31.9 Å². The molecule has 1 N–H and O–H groups in total. The summed E-state index contributed by atoms with van der Waals surface area (Å²) in [4.78, 5) is 28.7. The number of hydrogen-bond acceptors (Lipinski definition) is 6. The molecule has 43 heavy (non-hydrogen) atoms. The van der Waals surface area contributed by atoms with Crippen molar-refractivity contribution < 1.29 is 27.5 Å². The van der Waals surface area contributed by atoms with Crippen LogP contribution in [0.25, 0.3) is 0 Å². The average Bonchev–Trinajstić information content (AvgIpc) is 2.97. The molecular formula is C31H37Cl2N3O6S. The van der Waals surface area contributed by atoms with Gasteiger partial charge in [0.1, 0.15) is 24.1 Å². The van der Waals surface area contributed by atoms with Crippen molar-refractivity contribution in [1.29, 1.82) is 0 Å². The summed E-state index contributed by atoms with van der Waals surface area (Å²) in [7, 11) is -1.47. The maximum absolute atomic E-state index is 14.2. The summed E-state index contributed by atoms with van der Waals surface area (Å²) < 4.78 is 40.1. The Morgan fingerprint density at radius 1 is 0.930 bits per heavy atom. The maximum atomic E-state index is 14.2. The number of methoxy groups -OCH3 is 2. The Kier molecular flexibility index (Phi) is 11.7. The fourth-order valence-electron chi connectivity index (χ4n) is 4.23. The Hall–Kier alpha value is -3.47. The number of aryl methyl sites for hydroxylation is 1. The summed E-state index contributed by atoms with van der Waals surface area (Å²) in [6.07, 6.45) is 0. The van der Waals surface area contributed by atoms with Crippen LogP contribution in [0.3, 0.4) is 0 Å². The Bertz CT molecular complexity index is 1530. The molecular weight excluding hydrogens is 613 g/mol. The summed E-state index contributed by atoms with van der Waals surface area (Å²) in [5.41, 5.74) is 1.38. The minimum absolute atomic E-state index is 0.0285. The van der Waals surface area contributed by atoms with Gasteiger partial charge in [-0.05, 0) is 56.2 Å². The predicted octanol–water partition coefficient (Wildman–Crippen LogP) is 5.70. The van der Waals surface area contributed by atoms with Gasteiger partial charge in [-0.3, -0.25) is 13.9 Å². The standard InChI is InChI=1S/C31H37Cl2N3O6S/c1-20(2)17-34-31(38)22(4)35(18-25-26(32)8-7-9-27(25)33)30(37)19-36(28-16-23(41-5)12-15-29(28)42-6)43(39,40)24-13-10-21(3)11-14-24/h7-16,20,22H,17-19H2,1-6H3,(H,34,38)/t22-/m1/s1. The molecule has 12 heteroatoms. The van der Waals surface area contributed by atoms with Crippen molar-refractivity contribution in [2.45, 2.75) is 45.2 Å². The Labute approximate surface area is 263 Å². The predicted molar refractivity (Wildman–Crippen MR) is 170 cm³/mol. The Balaban J connectivity index is 2.14. The molecule has 0 fully saturated rings. The number of carbonyl (C=O) groups is 2. The molecule has 0 unspecified atom stereocenters. The molecule has 1 atom stereocenters. The largest absolute Gasteiger partial charge is 0.497 e. The van der Waals surface area contributed by atoms with Crippen LogP contribution in [0.15, 0.2) is 65.6 Å². The highest BCUT2D eigenvalue weighted by Crippen LogP contribution is 2.36. The van der Waals surface area contributed by atoms with E-state index in [0.717, 1.165) is 9.87 Å². The number of sulfonamides is 1. The molecule has 3 aromatic rings. The van der Waals surface area contributed by atoms with Crippen LogP contribution in [0.5, 0.6) is 11.5 Å². The zero-order valence-corrected chi connectivity index (χ0v) is 27.4. The van der Waals surface area contributed by atoms with E-state index in [1.54, 1.807) is 49.4 Å². The fraction of sp³-hybridized carbons (Fsp3) is 0.355. The van der Waals surface area contributed by atoms with Crippen LogP contribution in [0.4, 0.5) is 5.69 Å².